The van der Waals surface area contributed by atoms with Crippen molar-refractivity contribution in [1.82, 2.24) is 20.3 Å². The van der Waals surface area contributed by atoms with E-state index in [1.807, 2.05) is 0 Å². The first kappa shape index (κ1) is 15.1. The third kappa shape index (κ3) is 3.64. The molecule has 1 aromatic heterocycles. The molecular weight excluding hydrogens is 318 g/mol. The highest BCUT2D eigenvalue weighted by Crippen LogP contribution is 2.23. The molecule has 11 heteroatoms. The van der Waals surface area contributed by atoms with Crippen LogP contribution in [0.4, 0.5) is 0 Å². The van der Waals surface area contributed by atoms with Crippen LogP contribution in [0.1, 0.15) is 15.4 Å². The van der Waals surface area contributed by atoms with Crippen LogP contribution in [-0.4, -0.2) is 39.6 Å². The average molecular weight is 327 g/mol. The summed E-state index contributed by atoms with van der Waals surface area (Å²) in [5, 5.41) is 10.0. The van der Waals surface area contributed by atoms with Gasteiger partial charge >= 0.3 is 5.97 Å². The lowest BCUT2D eigenvalue weighted by atomic mass is 10.4. The van der Waals surface area contributed by atoms with Crippen molar-refractivity contribution in [2.75, 3.05) is 7.11 Å². The zero-order valence-electron chi connectivity index (χ0n) is 10.9. The number of aromatic nitrogens is 2. The van der Waals surface area contributed by atoms with Crippen LogP contribution in [0.2, 0.25) is 0 Å². The van der Waals surface area contributed by atoms with Gasteiger partial charge in [-0.15, -0.1) is 10.2 Å². The highest BCUT2D eigenvalue weighted by Gasteiger charge is 2.25. The lowest BCUT2D eigenvalue weighted by molar-refractivity contribution is -0.135. The van der Waals surface area contributed by atoms with Crippen LogP contribution in [0.25, 0.3) is 0 Å². The third-order valence-corrected chi connectivity index (χ3v) is 3.95. The Morgan fingerprint density at radius 2 is 2.24 bits per heavy atom. The van der Waals surface area contributed by atoms with Crippen molar-refractivity contribution in [3.8, 4) is 0 Å². The molecule has 0 spiro atoms. The van der Waals surface area contributed by atoms with Crippen LogP contribution in [0.3, 0.4) is 0 Å². The lowest BCUT2D eigenvalue weighted by Gasteiger charge is -1.97. The highest BCUT2D eigenvalue weighted by molar-refractivity contribution is 8.18. The Morgan fingerprint density at radius 3 is 2.86 bits per heavy atom. The normalized spacial score (nSPS) is 17.9. The molecule has 0 aliphatic carbocycles. The number of amidine groups is 1. The minimum absolute atomic E-state index is 0.130. The van der Waals surface area contributed by atoms with Gasteiger partial charge in [-0.05, 0) is 30.2 Å². The highest BCUT2D eigenvalue weighted by atomic mass is 32.2. The predicted molar refractivity (Wildman–Crippen MR) is 75.4 cm³/mol. The van der Waals surface area contributed by atoms with Crippen LogP contribution < -0.4 is 10.7 Å². The maximum Gasteiger partial charge on any atom is 0.331 e. The zero-order valence-corrected chi connectivity index (χ0v) is 12.5. The van der Waals surface area contributed by atoms with E-state index in [4.69, 9.17) is 0 Å². The Hall–Kier alpha value is -2.27. The van der Waals surface area contributed by atoms with Gasteiger partial charge in [-0.3, -0.25) is 14.9 Å². The molecule has 2 rings (SSSR count). The molecule has 0 unspecified atom stereocenters. The number of hydrogen-bond acceptors (Lipinski definition) is 9. The van der Waals surface area contributed by atoms with Gasteiger partial charge in [-0.25, -0.2) is 10.2 Å². The molecule has 1 aliphatic rings. The van der Waals surface area contributed by atoms with E-state index in [-0.39, 0.29) is 10.1 Å². The molecule has 0 radical (unpaired) electrons. The molecular formula is C10H9N5O4S2. The summed E-state index contributed by atoms with van der Waals surface area (Å²) in [7, 11) is 1.21. The van der Waals surface area contributed by atoms with Crippen molar-refractivity contribution in [3.63, 3.8) is 0 Å². The fourth-order valence-electron chi connectivity index (χ4n) is 1.24. The van der Waals surface area contributed by atoms with Crippen LogP contribution in [0.5, 0.6) is 0 Å². The van der Waals surface area contributed by atoms with Gasteiger partial charge < -0.3 is 4.74 Å². The van der Waals surface area contributed by atoms with E-state index in [9.17, 15) is 14.4 Å². The SMILES string of the molecule is COC(=O)/C=C1\S/C(=N/NC(=O)c2snnc2C)NC1=O. The monoisotopic (exact) mass is 327 g/mol. The third-order valence-electron chi connectivity index (χ3n) is 2.22. The molecule has 2 amide bonds. The molecule has 0 atom stereocenters. The zero-order chi connectivity index (χ0) is 15.4. The van der Waals surface area contributed by atoms with Crippen LogP contribution in [0.15, 0.2) is 16.1 Å². The first-order chi connectivity index (χ1) is 10.0. The first-order valence-corrected chi connectivity index (χ1v) is 7.06. The number of rotatable bonds is 3. The fourth-order valence-corrected chi connectivity index (χ4v) is 2.53. The van der Waals surface area contributed by atoms with E-state index in [2.05, 4.69) is 30.2 Å². The molecule has 2 heterocycles. The molecule has 9 nitrogen and oxygen atoms in total. The van der Waals surface area contributed by atoms with Gasteiger partial charge in [-0.1, -0.05) is 4.49 Å². The van der Waals surface area contributed by atoms with Crippen molar-refractivity contribution in [3.05, 3.63) is 21.6 Å². The number of hydrogen-bond donors (Lipinski definition) is 2. The van der Waals surface area contributed by atoms with Crippen molar-refractivity contribution in [2.45, 2.75) is 6.92 Å². The van der Waals surface area contributed by atoms with Crippen molar-refractivity contribution < 1.29 is 19.1 Å². The summed E-state index contributed by atoms with van der Waals surface area (Å²) in [6.45, 7) is 1.65. The lowest BCUT2D eigenvalue weighted by Crippen LogP contribution is -2.25. The van der Waals surface area contributed by atoms with Gasteiger partial charge in [0, 0.05) is 6.08 Å². The summed E-state index contributed by atoms with van der Waals surface area (Å²) < 4.78 is 8.06. The van der Waals surface area contributed by atoms with E-state index in [0.29, 0.717) is 10.6 Å². The van der Waals surface area contributed by atoms with Gasteiger partial charge in [0.2, 0.25) is 0 Å². The molecule has 0 saturated carbocycles. The fraction of sp³-hybridized carbons (Fsp3) is 0.200. The molecule has 0 aromatic carbocycles. The number of carbonyl (C=O) groups excluding carboxylic acids is 3. The summed E-state index contributed by atoms with van der Waals surface area (Å²) in [6.07, 6.45) is 1.04. The van der Waals surface area contributed by atoms with E-state index >= 15 is 0 Å². The van der Waals surface area contributed by atoms with Gasteiger partial charge in [0.05, 0.1) is 17.7 Å². The van der Waals surface area contributed by atoms with Gasteiger partial charge in [0.1, 0.15) is 4.88 Å². The van der Waals surface area contributed by atoms with E-state index in [1.54, 1.807) is 6.92 Å². The second-order valence-electron chi connectivity index (χ2n) is 3.63. The van der Waals surface area contributed by atoms with E-state index in [1.165, 1.54) is 7.11 Å². The maximum atomic E-state index is 11.8. The Labute approximate surface area is 127 Å². The second kappa shape index (κ2) is 6.45. The summed E-state index contributed by atoms with van der Waals surface area (Å²) in [4.78, 5) is 34.8. The summed E-state index contributed by atoms with van der Waals surface area (Å²) in [5.41, 5.74) is 2.77. The number of thioether (sulfide) groups is 1. The number of hydrazone groups is 1. The van der Waals surface area contributed by atoms with Crippen molar-refractivity contribution in [1.29, 1.82) is 0 Å². The predicted octanol–water partition coefficient (Wildman–Crippen LogP) is -0.233. The topological polar surface area (TPSA) is 123 Å². The Balaban J connectivity index is 2.02. The number of nitrogens with one attached hydrogen (secondary N) is 2. The van der Waals surface area contributed by atoms with E-state index in [0.717, 1.165) is 29.4 Å². The summed E-state index contributed by atoms with van der Waals surface area (Å²) in [6, 6.07) is 0. The minimum Gasteiger partial charge on any atom is -0.466 e. The second-order valence-corrected chi connectivity index (χ2v) is 5.42. The molecule has 110 valence electrons. The van der Waals surface area contributed by atoms with Gasteiger partial charge in [0.25, 0.3) is 11.8 Å². The molecule has 1 saturated heterocycles. The molecule has 1 aromatic rings. The number of carbonyl (C=O) groups is 3. The summed E-state index contributed by atoms with van der Waals surface area (Å²) >= 11 is 1.86. The molecule has 1 fully saturated rings. The van der Waals surface area contributed by atoms with Crippen molar-refractivity contribution >= 4 is 46.2 Å². The van der Waals surface area contributed by atoms with Crippen molar-refractivity contribution in [2.24, 2.45) is 5.10 Å². The molecule has 1 aliphatic heterocycles. The quantitative estimate of drug-likeness (QED) is 0.446. The number of aryl methyl sites for hydroxylation is 1. The average Bonchev–Trinajstić information content (AvgIpc) is 3.03. The number of nitrogens with zero attached hydrogens (tertiary/aromatic N) is 3. The Bertz CT molecular complexity index is 666. The van der Waals surface area contributed by atoms with Gasteiger partial charge in [-0.2, -0.15) is 0 Å². The summed E-state index contributed by atoms with van der Waals surface area (Å²) in [5.74, 6) is -1.62. The first-order valence-electron chi connectivity index (χ1n) is 5.47. The smallest absolute Gasteiger partial charge is 0.331 e. The molecule has 2 N–H and O–H groups in total. The van der Waals surface area contributed by atoms with Crippen LogP contribution in [0, 0.1) is 6.92 Å². The number of ether oxygens (including phenoxy) is 1. The Morgan fingerprint density at radius 1 is 1.48 bits per heavy atom. The standard InChI is InChI=1S/C10H9N5O4S2/c1-4-7(21-15-12-4)9(18)13-14-10-11-8(17)5(20-10)3-6(16)19-2/h3H,1-2H3,(H,13,18)(H,11,14,17)/b5-3-. The maximum absolute atomic E-state index is 11.8. The minimum atomic E-state index is -0.649. The van der Waals surface area contributed by atoms with E-state index < -0.39 is 17.8 Å². The largest absolute Gasteiger partial charge is 0.466 e. The Kier molecular flexibility index (Phi) is 4.65. The number of methoxy groups -OCH3 is 1. The van der Waals surface area contributed by atoms with Crippen LogP contribution >= 0.6 is 23.3 Å². The molecule has 21 heavy (non-hydrogen) atoms. The molecule has 0 bridgehead atoms. The van der Waals surface area contributed by atoms with Gasteiger partial charge in [0.15, 0.2) is 5.17 Å². The number of amides is 2. The van der Waals surface area contributed by atoms with Crippen LogP contribution in [-0.2, 0) is 14.3 Å². The number of esters is 1.